The molecule has 0 atom stereocenters. The van der Waals surface area contributed by atoms with E-state index in [1.807, 2.05) is 44.3 Å². The van der Waals surface area contributed by atoms with Crippen LogP contribution in [0.2, 0.25) is 0 Å². The lowest BCUT2D eigenvalue weighted by Gasteiger charge is -2.08. The molecular weight excluding hydrogens is 394 g/mol. The van der Waals surface area contributed by atoms with Gasteiger partial charge < -0.3 is 10.1 Å². The molecular formula is C22H23N7O2. The standard InChI is InChI=1S/C22H23N7O2/c1-12-19-16(10-17(13-4-5-13)24-21(19)29(2)28-12)22(30)23-11-18-25-20(27-26-18)14-6-8-15(31-3)9-7-14/h6-10,13H,4-5,11H2,1-3H3,(H,23,30)(H,25,26,27). The number of aromatic amines is 1. The number of H-pyrrole nitrogens is 1. The molecule has 0 radical (unpaired) electrons. The van der Waals surface area contributed by atoms with Gasteiger partial charge >= 0.3 is 0 Å². The van der Waals surface area contributed by atoms with Crippen LogP contribution < -0.4 is 10.1 Å². The lowest BCUT2D eigenvalue weighted by molar-refractivity contribution is 0.0951. The Bertz CT molecular complexity index is 1270. The minimum atomic E-state index is -0.173. The smallest absolute Gasteiger partial charge is 0.252 e. The fourth-order valence-electron chi connectivity index (χ4n) is 3.73. The van der Waals surface area contributed by atoms with Gasteiger partial charge in [-0.2, -0.15) is 10.2 Å². The molecule has 158 valence electrons. The number of aryl methyl sites for hydroxylation is 2. The SMILES string of the molecule is COc1ccc(-c2n[nH]c(CNC(=O)c3cc(C4CC4)nc4c3c(C)nn4C)n2)cc1. The van der Waals surface area contributed by atoms with Gasteiger partial charge in [-0.3, -0.25) is 14.6 Å². The van der Waals surface area contributed by atoms with Crippen LogP contribution in [0, 0.1) is 6.92 Å². The Balaban J connectivity index is 1.36. The third-order valence-corrected chi connectivity index (χ3v) is 5.53. The number of aromatic nitrogens is 6. The number of pyridine rings is 1. The van der Waals surface area contributed by atoms with Crippen LogP contribution in [0.25, 0.3) is 22.4 Å². The Kier molecular flexibility index (Phi) is 4.65. The summed E-state index contributed by atoms with van der Waals surface area (Å²) in [5.41, 5.74) is 3.97. The first kappa shape index (κ1) is 19.2. The molecule has 0 aliphatic heterocycles. The summed E-state index contributed by atoms with van der Waals surface area (Å²) in [5.74, 6) is 2.18. The van der Waals surface area contributed by atoms with E-state index < -0.39 is 0 Å². The number of carbonyl (C=O) groups excluding carboxylic acids is 1. The Hall–Kier alpha value is -3.75. The fourth-order valence-corrected chi connectivity index (χ4v) is 3.73. The highest BCUT2D eigenvalue weighted by molar-refractivity contribution is 6.06. The molecule has 1 amide bonds. The maximum Gasteiger partial charge on any atom is 0.252 e. The number of carbonyl (C=O) groups is 1. The molecule has 9 heteroatoms. The van der Waals surface area contributed by atoms with Crippen molar-refractivity contribution < 1.29 is 9.53 Å². The molecule has 0 spiro atoms. The summed E-state index contributed by atoms with van der Waals surface area (Å²) in [4.78, 5) is 22.3. The highest BCUT2D eigenvalue weighted by atomic mass is 16.5. The van der Waals surface area contributed by atoms with Crippen molar-refractivity contribution in [2.45, 2.75) is 32.2 Å². The molecule has 1 aromatic carbocycles. The third kappa shape index (κ3) is 3.63. The number of hydrogen-bond donors (Lipinski definition) is 2. The van der Waals surface area contributed by atoms with Crippen molar-refractivity contribution in [2.75, 3.05) is 7.11 Å². The zero-order valence-corrected chi connectivity index (χ0v) is 17.6. The first-order valence-corrected chi connectivity index (χ1v) is 10.2. The Labute approximate surface area is 178 Å². The number of nitrogens with zero attached hydrogens (tertiary/aromatic N) is 5. The number of nitrogens with one attached hydrogen (secondary N) is 2. The van der Waals surface area contributed by atoms with E-state index in [1.54, 1.807) is 11.8 Å². The predicted molar refractivity (Wildman–Crippen MR) is 115 cm³/mol. The monoisotopic (exact) mass is 417 g/mol. The van der Waals surface area contributed by atoms with E-state index >= 15 is 0 Å². The second-order valence-corrected chi connectivity index (χ2v) is 7.79. The molecule has 5 rings (SSSR count). The van der Waals surface area contributed by atoms with Crippen LogP contribution >= 0.6 is 0 Å². The molecule has 2 N–H and O–H groups in total. The van der Waals surface area contributed by atoms with Crippen LogP contribution in [-0.2, 0) is 13.6 Å². The summed E-state index contributed by atoms with van der Waals surface area (Å²) in [7, 11) is 3.48. The molecule has 9 nitrogen and oxygen atoms in total. The lowest BCUT2D eigenvalue weighted by Crippen LogP contribution is -2.24. The van der Waals surface area contributed by atoms with E-state index in [-0.39, 0.29) is 12.5 Å². The lowest BCUT2D eigenvalue weighted by atomic mass is 10.1. The van der Waals surface area contributed by atoms with Crippen molar-refractivity contribution in [3.63, 3.8) is 0 Å². The predicted octanol–water partition coefficient (Wildman–Crippen LogP) is 2.88. The number of ether oxygens (including phenoxy) is 1. The number of fused-ring (bicyclic) bond motifs is 1. The van der Waals surface area contributed by atoms with Crippen molar-refractivity contribution >= 4 is 16.9 Å². The summed E-state index contributed by atoms with van der Waals surface area (Å²) in [6.07, 6.45) is 2.23. The first-order valence-electron chi connectivity index (χ1n) is 10.2. The highest BCUT2D eigenvalue weighted by Gasteiger charge is 2.28. The molecule has 0 bridgehead atoms. The van der Waals surface area contributed by atoms with Gasteiger partial charge in [-0.1, -0.05) is 0 Å². The van der Waals surface area contributed by atoms with E-state index in [1.165, 1.54) is 0 Å². The van der Waals surface area contributed by atoms with Gasteiger partial charge in [0.2, 0.25) is 0 Å². The number of amides is 1. The first-order chi connectivity index (χ1) is 15.0. The zero-order chi connectivity index (χ0) is 21.5. The summed E-state index contributed by atoms with van der Waals surface area (Å²) in [6, 6.07) is 9.41. The van der Waals surface area contributed by atoms with Crippen LogP contribution in [0.15, 0.2) is 30.3 Å². The van der Waals surface area contributed by atoms with Crippen LogP contribution in [0.1, 0.15) is 46.3 Å². The van der Waals surface area contributed by atoms with Gasteiger partial charge in [0.15, 0.2) is 11.5 Å². The molecule has 4 aromatic rings. The maximum atomic E-state index is 13.1. The van der Waals surface area contributed by atoms with Crippen LogP contribution in [-0.4, -0.2) is 43.0 Å². The maximum absolute atomic E-state index is 13.1. The van der Waals surface area contributed by atoms with Gasteiger partial charge in [0, 0.05) is 24.2 Å². The second kappa shape index (κ2) is 7.50. The minimum absolute atomic E-state index is 0.173. The van der Waals surface area contributed by atoms with Gasteiger partial charge in [0.25, 0.3) is 5.91 Å². The Morgan fingerprint density at radius 3 is 2.74 bits per heavy atom. The average Bonchev–Trinajstić information content (AvgIpc) is 3.46. The summed E-state index contributed by atoms with van der Waals surface area (Å²) in [5, 5.41) is 15.4. The molecule has 1 saturated carbocycles. The Morgan fingerprint density at radius 1 is 1.26 bits per heavy atom. The quantitative estimate of drug-likeness (QED) is 0.499. The summed E-state index contributed by atoms with van der Waals surface area (Å²) in [6.45, 7) is 2.14. The van der Waals surface area contributed by atoms with E-state index in [4.69, 9.17) is 9.72 Å². The summed E-state index contributed by atoms with van der Waals surface area (Å²) < 4.78 is 6.92. The number of hydrogen-bond acceptors (Lipinski definition) is 6. The Morgan fingerprint density at radius 2 is 2.03 bits per heavy atom. The van der Waals surface area contributed by atoms with Crippen LogP contribution in [0.4, 0.5) is 0 Å². The number of rotatable bonds is 6. The molecule has 3 aromatic heterocycles. The van der Waals surface area contributed by atoms with Crippen molar-refractivity contribution in [1.82, 2.24) is 35.3 Å². The van der Waals surface area contributed by atoms with Crippen molar-refractivity contribution in [2.24, 2.45) is 7.05 Å². The molecule has 0 unspecified atom stereocenters. The second-order valence-electron chi connectivity index (χ2n) is 7.79. The molecule has 3 heterocycles. The van der Waals surface area contributed by atoms with Crippen molar-refractivity contribution in [1.29, 1.82) is 0 Å². The van der Waals surface area contributed by atoms with Gasteiger partial charge in [-0.25, -0.2) is 9.97 Å². The largest absolute Gasteiger partial charge is 0.497 e. The van der Waals surface area contributed by atoms with Crippen LogP contribution in [0.5, 0.6) is 5.75 Å². The van der Waals surface area contributed by atoms with E-state index in [2.05, 4.69) is 25.6 Å². The number of methoxy groups -OCH3 is 1. The van der Waals surface area contributed by atoms with Gasteiger partial charge in [-0.15, -0.1) is 0 Å². The van der Waals surface area contributed by atoms with E-state index in [0.717, 1.165) is 46.6 Å². The molecule has 1 fully saturated rings. The minimum Gasteiger partial charge on any atom is -0.497 e. The highest BCUT2D eigenvalue weighted by Crippen LogP contribution is 2.40. The normalized spacial score (nSPS) is 13.5. The van der Waals surface area contributed by atoms with E-state index in [9.17, 15) is 4.79 Å². The van der Waals surface area contributed by atoms with Crippen LogP contribution in [0.3, 0.4) is 0 Å². The molecule has 31 heavy (non-hydrogen) atoms. The van der Waals surface area contributed by atoms with Crippen molar-refractivity contribution in [3.8, 4) is 17.1 Å². The van der Waals surface area contributed by atoms with Gasteiger partial charge in [-0.05, 0) is 50.1 Å². The third-order valence-electron chi connectivity index (χ3n) is 5.53. The zero-order valence-electron chi connectivity index (χ0n) is 17.6. The molecule has 0 saturated heterocycles. The number of benzene rings is 1. The van der Waals surface area contributed by atoms with Gasteiger partial charge in [0.05, 0.1) is 30.3 Å². The topological polar surface area (TPSA) is 111 Å². The summed E-state index contributed by atoms with van der Waals surface area (Å²) >= 11 is 0. The molecule has 1 aliphatic rings. The fraction of sp³-hybridized carbons (Fsp3) is 0.318. The van der Waals surface area contributed by atoms with E-state index in [0.29, 0.717) is 23.1 Å². The molecule has 1 aliphatic carbocycles. The average molecular weight is 417 g/mol. The van der Waals surface area contributed by atoms with Gasteiger partial charge in [0.1, 0.15) is 11.6 Å². The van der Waals surface area contributed by atoms with Crippen molar-refractivity contribution in [3.05, 3.63) is 53.1 Å².